The van der Waals surface area contributed by atoms with E-state index in [2.05, 4.69) is 21.3 Å². The molecule has 0 amide bonds. The number of aromatic nitrogens is 2. The zero-order valence-corrected chi connectivity index (χ0v) is 17.9. The normalized spacial score (nSPS) is 18.4. The summed E-state index contributed by atoms with van der Waals surface area (Å²) in [4.78, 5) is 9.58. The molecule has 1 saturated heterocycles. The SMILES string of the molecule is COc1ccc(Nc2cc(NC3CCNCC3)nc(NC3CCCCCC3)n2)cc1. The maximum atomic E-state index is 5.26. The molecule has 0 unspecified atom stereocenters. The summed E-state index contributed by atoms with van der Waals surface area (Å²) in [6, 6.07) is 10.8. The highest BCUT2D eigenvalue weighted by Gasteiger charge is 2.17. The second-order valence-electron chi connectivity index (χ2n) is 8.32. The van der Waals surface area contributed by atoms with E-state index in [9.17, 15) is 0 Å². The van der Waals surface area contributed by atoms with Gasteiger partial charge in [-0.2, -0.15) is 9.97 Å². The average Bonchev–Trinajstić information content (AvgIpc) is 3.03. The Labute approximate surface area is 179 Å². The molecule has 1 saturated carbocycles. The predicted octanol–water partition coefficient (Wildman–Crippen LogP) is 4.53. The lowest BCUT2D eigenvalue weighted by Gasteiger charge is -2.25. The maximum absolute atomic E-state index is 5.26. The first-order chi connectivity index (χ1) is 14.8. The largest absolute Gasteiger partial charge is 0.497 e. The quantitative estimate of drug-likeness (QED) is 0.499. The molecule has 162 valence electrons. The van der Waals surface area contributed by atoms with Crippen molar-refractivity contribution in [2.45, 2.75) is 63.5 Å². The van der Waals surface area contributed by atoms with Gasteiger partial charge in [0.2, 0.25) is 5.95 Å². The molecule has 1 aromatic heterocycles. The number of ether oxygens (including phenoxy) is 1. The van der Waals surface area contributed by atoms with Crippen LogP contribution in [0.25, 0.3) is 0 Å². The fourth-order valence-corrected chi connectivity index (χ4v) is 4.25. The van der Waals surface area contributed by atoms with E-state index in [-0.39, 0.29) is 0 Å². The molecule has 7 heteroatoms. The minimum absolute atomic E-state index is 0.445. The van der Waals surface area contributed by atoms with E-state index in [4.69, 9.17) is 14.7 Å². The van der Waals surface area contributed by atoms with E-state index in [0.717, 1.165) is 49.0 Å². The number of rotatable bonds is 7. The molecule has 7 nitrogen and oxygen atoms in total. The lowest BCUT2D eigenvalue weighted by molar-refractivity contribution is 0.415. The van der Waals surface area contributed by atoms with E-state index in [1.54, 1.807) is 7.11 Å². The lowest BCUT2D eigenvalue weighted by atomic mass is 10.1. The molecule has 1 aliphatic carbocycles. The molecule has 30 heavy (non-hydrogen) atoms. The van der Waals surface area contributed by atoms with Crippen LogP contribution in [0, 0.1) is 0 Å². The molecule has 1 aliphatic heterocycles. The predicted molar refractivity (Wildman–Crippen MR) is 123 cm³/mol. The van der Waals surface area contributed by atoms with Gasteiger partial charge < -0.3 is 26.0 Å². The minimum atomic E-state index is 0.445. The summed E-state index contributed by atoms with van der Waals surface area (Å²) < 4.78 is 5.26. The van der Waals surface area contributed by atoms with Gasteiger partial charge in [0.1, 0.15) is 17.4 Å². The molecule has 0 spiro atoms. The van der Waals surface area contributed by atoms with Crippen LogP contribution in [-0.2, 0) is 0 Å². The molecule has 0 bridgehead atoms. The van der Waals surface area contributed by atoms with Gasteiger partial charge in [0.05, 0.1) is 7.11 Å². The molecule has 2 heterocycles. The first-order valence-electron chi connectivity index (χ1n) is 11.3. The topological polar surface area (TPSA) is 83.1 Å². The van der Waals surface area contributed by atoms with Crippen LogP contribution < -0.4 is 26.0 Å². The zero-order valence-electron chi connectivity index (χ0n) is 17.9. The van der Waals surface area contributed by atoms with E-state index < -0.39 is 0 Å². The fraction of sp³-hybridized carbons (Fsp3) is 0.565. The molecule has 4 rings (SSSR count). The third-order valence-corrected chi connectivity index (χ3v) is 5.97. The van der Waals surface area contributed by atoms with Crippen molar-refractivity contribution in [1.29, 1.82) is 0 Å². The van der Waals surface area contributed by atoms with Crippen molar-refractivity contribution < 1.29 is 4.74 Å². The molecule has 4 N–H and O–H groups in total. The highest BCUT2D eigenvalue weighted by atomic mass is 16.5. The number of piperidine rings is 1. The van der Waals surface area contributed by atoms with E-state index in [0.29, 0.717) is 18.0 Å². The van der Waals surface area contributed by atoms with E-state index in [1.165, 1.54) is 38.5 Å². The first-order valence-corrected chi connectivity index (χ1v) is 11.3. The summed E-state index contributed by atoms with van der Waals surface area (Å²) in [5.41, 5.74) is 0.975. The first kappa shape index (κ1) is 20.7. The van der Waals surface area contributed by atoms with E-state index >= 15 is 0 Å². The van der Waals surface area contributed by atoms with Gasteiger partial charge in [-0.25, -0.2) is 0 Å². The number of anilines is 4. The minimum Gasteiger partial charge on any atom is -0.497 e. The summed E-state index contributed by atoms with van der Waals surface area (Å²) in [6.45, 7) is 2.10. The van der Waals surface area contributed by atoms with Gasteiger partial charge in [0, 0.05) is 23.8 Å². The van der Waals surface area contributed by atoms with Gasteiger partial charge in [-0.1, -0.05) is 25.7 Å². The Morgan fingerprint density at radius 1 is 0.833 bits per heavy atom. The number of nitrogens with zero attached hydrogens (tertiary/aromatic N) is 2. The molecule has 0 radical (unpaired) electrons. The number of hydrogen-bond donors (Lipinski definition) is 4. The number of methoxy groups -OCH3 is 1. The second kappa shape index (κ2) is 10.5. The Bertz CT molecular complexity index is 783. The van der Waals surface area contributed by atoms with Gasteiger partial charge in [-0.05, 0) is 63.0 Å². The number of benzene rings is 1. The third kappa shape index (κ3) is 5.98. The summed E-state index contributed by atoms with van der Waals surface area (Å²) in [5.74, 6) is 3.22. The van der Waals surface area contributed by atoms with Gasteiger partial charge >= 0.3 is 0 Å². The van der Waals surface area contributed by atoms with Crippen molar-refractivity contribution in [2.24, 2.45) is 0 Å². The van der Waals surface area contributed by atoms with Crippen LogP contribution in [-0.4, -0.2) is 42.3 Å². The molecule has 2 fully saturated rings. The van der Waals surface area contributed by atoms with Crippen LogP contribution in [0.15, 0.2) is 30.3 Å². The van der Waals surface area contributed by atoms with E-state index in [1.807, 2.05) is 30.3 Å². The second-order valence-corrected chi connectivity index (χ2v) is 8.32. The summed E-state index contributed by atoms with van der Waals surface area (Å²) in [7, 11) is 1.68. The molecular weight excluding hydrogens is 376 g/mol. The highest BCUT2D eigenvalue weighted by molar-refractivity contribution is 5.62. The van der Waals surface area contributed by atoms with Crippen molar-refractivity contribution in [3.63, 3.8) is 0 Å². The Hall–Kier alpha value is -2.54. The highest BCUT2D eigenvalue weighted by Crippen LogP contribution is 2.25. The monoisotopic (exact) mass is 410 g/mol. The van der Waals surface area contributed by atoms with Gasteiger partial charge in [-0.3, -0.25) is 0 Å². The Balaban J connectivity index is 1.52. The van der Waals surface area contributed by atoms with Crippen molar-refractivity contribution >= 4 is 23.3 Å². The standard InChI is InChI=1S/C23H34N6O/c1-30-20-10-8-18(9-11-20)25-21-16-22(26-19-12-14-24-15-13-19)29-23(28-21)27-17-6-4-2-3-5-7-17/h8-11,16-17,19,24H,2-7,12-15H2,1H3,(H3,25,26,27,28,29). The van der Waals surface area contributed by atoms with Crippen LogP contribution in [0.4, 0.5) is 23.3 Å². The Kier molecular flexibility index (Phi) is 7.24. The molecule has 2 aliphatic rings. The molecule has 1 aromatic carbocycles. The number of nitrogens with one attached hydrogen (secondary N) is 4. The molecular formula is C23H34N6O. The molecule has 0 atom stereocenters. The van der Waals surface area contributed by atoms with Crippen LogP contribution in [0.2, 0.25) is 0 Å². The Morgan fingerprint density at radius 3 is 2.20 bits per heavy atom. The van der Waals surface area contributed by atoms with Crippen molar-refractivity contribution in [3.05, 3.63) is 30.3 Å². The fourth-order valence-electron chi connectivity index (χ4n) is 4.25. The molecule has 2 aromatic rings. The average molecular weight is 411 g/mol. The maximum Gasteiger partial charge on any atom is 0.226 e. The van der Waals surface area contributed by atoms with Gasteiger partial charge in [0.15, 0.2) is 0 Å². The Morgan fingerprint density at radius 2 is 1.50 bits per heavy atom. The summed E-state index contributed by atoms with van der Waals surface area (Å²) in [6.07, 6.45) is 9.82. The van der Waals surface area contributed by atoms with Crippen LogP contribution >= 0.6 is 0 Å². The number of hydrogen-bond acceptors (Lipinski definition) is 7. The van der Waals surface area contributed by atoms with Gasteiger partial charge in [-0.15, -0.1) is 0 Å². The van der Waals surface area contributed by atoms with Crippen LogP contribution in [0.5, 0.6) is 5.75 Å². The van der Waals surface area contributed by atoms with Crippen LogP contribution in [0.1, 0.15) is 51.4 Å². The summed E-state index contributed by atoms with van der Waals surface area (Å²) >= 11 is 0. The van der Waals surface area contributed by atoms with Crippen molar-refractivity contribution in [1.82, 2.24) is 15.3 Å². The third-order valence-electron chi connectivity index (χ3n) is 5.97. The zero-order chi connectivity index (χ0) is 20.6. The lowest BCUT2D eigenvalue weighted by Crippen LogP contribution is -2.35. The van der Waals surface area contributed by atoms with Crippen molar-refractivity contribution in [2.75, 3.05) is 36.1 Å². The summed E-state index contributed by atoms with van der Waals surface area (Å²) in [5, 5.41) is 14.1. The van der Waals surface area contributed by atoms with Crippen molar-refractivity contribution in [3.8, 4) is 5.75 Å². The van der Waals surface area contributed by atoms with Gasteiger partial charge in [0.25, 0.3) is 0 Å². The van der Waals surface area contributed by atoms with Crippen LogP contribution in [0.3, 0.4) is 0 Å². The smallest absolute Gasteiger partial charge is 0.226 e.